The highest BCUT2D eigenvalue weighted by molar-refractivity contribution is 9.09. The van der Waals surface area contributed by atoms with Crippen LogP contribution in [0.4, 0.5) is 0 Å². The molecule has 0 amide bonds. The molecule has 0 bridgehead atoms. The van der Waals surface area contributed by atoms with E-state index in [1.54, 1.807) is 0 Å². The first-order valence-corrected chi connectivity index (χ1v) is 11.7. The van der Waals surface area contributed by atoms with Crippen molar-refractivity contribution in [1.29, 1.82) is 0 Å². The minimum atomic E-state index is -0.669. The summed E-state index contributed by atoms with van der Waals surface area (Å²) < 4.78 is 6.47. The minimum absolute atomic E-state index is 0.0451. The average Bonchev–Trinajstić information content (AvgIpc) is 2.54. The Kier molecular flexibility index (Phi) is 7.39. The van der Waals surface area contributed by atoms with Gasteiger partial charge in [-0.3, -0.25) is 0 Å². The fourth-order valence-corrected chi connectivity index (χ4v) is 6.08. The molecule has 6 heteroatoms. The van der Waals surface area contributed by atoms with Crippen LogP contribution in [0.25, 0.3) is 0 Å². The molecule has 2 aliphatic rings. The van der Waals surface area contributed by atoms with Crippen LogP contribution >= 0.6 is 43.5 Å². The molecular formula is C19H33Br2ClO3. The van der Waals surface area contributed by atoms with Crippen molar-refractivity contribution >= 4 is 43.5 Å². The Bertz CT molecular complexity index is 464. The normalized spacial score (nSPS) is 46.0. The molecule has 0 aromatic carbocycles. The van der Waals surface area contributed by atoms with E-state index in [2.05, 4.69) is 52.6 Å². The largest absolute Gasteiger partial charge is 0.393 e. The lowest BCUT2D eigenvalue weighted by Crippen LogP contribution is -2.57. The summed E-state index contributed by atoms with van der Waals surface area (Å²) in [6.45, 7) is 8.58. The maximum Gasteiger partial charge on any atom is 0.0962 e. The van der Waals surface area contributed by atoms with Gasteiger partial charge in [0.05, 0.1) is 29.3 Å². The zero-order valence-corrected chi connectivity index (χ0v) is 19.7. The summed E-state index contributed by atoms with van der Waals surface area (Å²) in [5.74, 6) is 0.413. The van der Waals surface area contributed by atoms with Crippen molar-refractivity contribution in [3.8, 4) is 0 Å². The molecule has 1 aliphatic heterocycles. The molecule has 25 heavy (non-hydrogen) atoms. The van der Waals surface area contributed by atoms with Gasteiger partial charge in [-0.2, -0.15) is 0 Å². The van der Waals surface area contributed by atoms with E-state index in [1.165, 1.54) is 0 Å². The first-order chi connectivity index (χ1) is 11.5. The van der Waals surface area contributed by atoms with Crippen molar-refractivity contribution in [3.05, 3.63) is 0 Å². The second-order valence-corrected chi connectivity index (χ2v) is 11.5. The van der Waals surface area contributed by atoms with Crippen LogP contribution in [-0.4, -0.2) is 49.2 Å². The van der Waals surface area contributed by atoms with E-state index in [4.69, 9.17) is 16.3 Å². The molecule has 0 aromatic rings. The van der Waals surface area contributed by atoms with Gasteiger partial charge in [-0.1, -0.05) is 45.7 Å². The Morgan fingerprint density at radius 1 is 1.12 bits per heavy atom. The van der Waals surface area contributed by atoms with E-state index in [1.807, 2.05) is 6.92 Å². The van der Waals surface area contributed by atoms with Crippen molar-refractivity contribution in [2.45, 2.75) is 99.3 Å². The summed E-state index contributed by atoms with van der Waals surface area (Å²) in [5, 5.41) is 20.9. The summed E-state index contributed by atoms with van der Waals surface area (Å²) in [6, 6.07) is 0. The van der Waals surface area contributed by atoms with E-state index in [0.717, 1.165) is 38.5 Å². The first kappa shape index (κ1) is 22.4. The van der Waals surface area contributed by atoms with E-state index in [-0.39, 0.29) is 33.7 Å². The quantitative estimate of drug-likeness (QED) is 0.517. The molecule has 1 saturated heterocycles. The topological polar surface area (TPSA) is 49.7 Å². The molecule has 3 nitrogen and oxygen atoms in total. The second-order valence-electron chi connectivity index (χ2n) is 8.98. The fourth-order valence-electron chi connectivity index (χ4n) is 4.60. The Morgan fingerprint density at radius 2 is 1.76 bits per heavy atom. The molecule has 0 unspecified atom stereocenters. The summed E-state index contributed by atoms with van der Waals surface area (Å²) in [7, 11) is 0. The second kappa shape index (κ2) is 8.24. The molecule has 1 heterocycles. The number of hydrogen-bond acceptors (Lipinski definition) is 3. The smallest absolute Gasteiger partial charge is 0.0962 e. The van der Waals surface area contributed by atoms with Gasteiger partial charge in [0.15, 0.2) is 0 Å². The highest BCUT2D eigenvalue weighted by Crippen LogP contribution is 2.49. The predicted molar refractivity (Wildman–Crippen MR) is 111 cm³/mol. The van der Waals surface area contributed by atoms with E-state index in [9.17, 15) is 10.2 Å². The number of ether oxygens (including phenoxy) is 1. The van der Waals surface area contributed by atoms with E-state index >= 15 is 0 Å². The highest BCUT2D eigenvalue weighted by Gasteiger charge is 2.50. The van der Waals surface area contributed by atoms with Crippen molar-refractivity contribution in [2.24, 2.45) is 11.3 Å². The van der Waals surface area contributed by atoms with Crippen molar-refractivity contribution in [3.63, 3.8) is 0 Å². The zero-order valence-electron chi connectivity index (χ0n) is 15.8. The predicted octanol–water partition coefficient (Wildman–Crippen LogP) is 5.02. The van der Waals surface area contributed by atoms with Gasteiger partial charge in [0.25, 0.3) is 0 Å². The standard InChI is InChI=1S/C19H33Br2ClO3/c1-17(2)12(13(23)5-6-14(17)20)7-9-18(3)15(21)8-10-19(4,25-18)16(24)11-22/h12-16,23-24H,5-11H2,1-4H3/t12-,13+,14+,15+,16+,18-,19-/m0/s1. The maximum absolute atomic E-state index is 10.6. The van der Waals surface area contributed by atoms with E-state index in [0.29, 0.717) is 4.83 Å². The molecule has 0 radical (unpaired) electrons. The van der Waals surface area contributed by atoms with Crippen LogP contribution in [0, 0.1) is 11.3 Å². The Labute approximate surface area is 174 Å². The van der Waals surface area contributed by atoms with Gasteiger partial charge in [0.2, 0.25) is 0 Å². The molecule has 1 aliphatic carbocycles. The molecule has 148 valence electrons. The van der Waals surface area contributed by atoms with Gasteiger partial charge in [0, 0.05) is 9.65 Å². The summed E-state index contributed by atoms with van der Waals surface area (Å²) in [6.07, 6.45) is 4.41. The Morgan fingerprint density at radius 3 is 2.36 bits per heavy atom. The van der Waals surface area contributed by atoms with Crippen LogP contribution in [0.2, 0.25) is 0 Å². The van der Waals surface area contributed by atoms with Gasteiger partial charge in [-0.05, 0) is 63.7 Å². The summed E-state index contributed by atoms with van der Waals surface area (Å²) in [5.41, 5.74) is -0.946. The van der Waals surface area contributed by atoms with E-state index < -0.39 is 11.7 Å². The number of rotatable bonds is 5. The van der Waals surface area contributed by atoms with Crippen LogP contribution in [-0.2, 0) is 4.74 Å². The van der Waals surface area contributed by atoms with Crippen LogP contribution in [0.3, 0.4) is 0 Å². The molecule has 0 aromatic heterocycles. The zero-order chi connectivity index (χ0) is 19.0. The molecule has 2 N–H and O–H groups in total. The Balaban J connectivity index is 2.11. The molecule has 7 atom stereocenters. The molecule has 2 fully saturated rings. The molecule has 2 rings (SSSR count). The number of halogens is 3. The summed E-state index contributed by atoms with van der Waals surface area (Å²) >= 11 is 13.5. The first-order valence-electron chi connectivity index (χ1n) is 9.36. The lowest BCUT2D eigenvalue weighted by molar-refractivity contribution is -0.211. The van der Waals surface area contributed by atoms with Gasteiger partial charge >= 0.3 is 0 Å². The lowest BCUT2D eigenvalue weighted by atomic mass is 9.64. The van der Waals surface area contributed by atoms with Gasteiger partial charge in [-0.15, -0.1) is 11.6 Å². The van der Waals surface area contributed by atoms with Gasteiger partial charge in [0.1, 0.15) is 0 Å². The minimum Gasteiger partial charge on any atom is -0.393 e. The van der Waals surface area contributed by atoms with Crippen molar-refractivity contribution in [2.75, 3.05) is 5.88 Å². The highest BCUT2D eigenvalue weighted by atomic mass is 79.9. The maximum atomic E-state index is 10.6. The number of alkyl halides is 3. The number of hydrogen-bond donors (Lipinski definition) is 2. The van der Waals surface area contributed by atoms with Crippen LogP contribution in [0.15, 0.2) is 0 Å². The third-order valence-corrected chi connectivity index (χ3v) is 10.1. The van der Waals surface area contributed by atoms with Crippen molar-refractivity contribution in [1.82, 2.24) is 0 Å². The average molecular weight is 505 g/mol. The van der Waals surface area contributed by atoms with Crippen LogP contribution in [0.5, 0.6) is 0 Å². The third-order valence-electron chi connectivity index (χ3n) is 6.77. The monoisotopic (exact) mass is 502 g/mol. The number of aliphatic hydroxyl groups is 2. The Hall–Kier alpha value is 1.13. The van der Waals surface area contributed by atoms with Crippen LogP contribution < -0.4 is 0 Å². The van der Waals surface area contributed by atoms with Gasteiger partial charge in [-0.25, -0.2) is 0 Å². The fraction of sp³-hybridized carbons (Fsp3) is 1.00. The summed E-state index contributed by atoms with van der Waals surface area (Å²) in [4.78, 5) is 0.663. The van der Waals surface area contributed by atoms with Crippen molar-refractivity contribution < 1.29 is 14.9 Å². The van der Waals surface area contributed by atoms with Gasteiger partial charge < -0.3 is 14.9 Å². The molecule has 1 saturated carbocycles. The SMILES string of the molecule is CC1(C)[C@H](Br)CC[C@@H](O)[C@@H]1CC[C@]1(C)O[C@](C)([C@H](O)CCl)CC[C@H]1Br. The number of aliphatic hydroxyl groups excluding tert-OH is 2. The molecule has 0 spiro atoms. The third kappa shape index (κ3) is 4.59. The lowest BCUT2D eigenvalue weighted by Gasteiger charge is -2.51. The molecular weight excluding hydrogens is 471 g/mol. The van der Waals surface area contributed by atoms with Crippen LogP contribution in [0.1, 0.15) is 66.2 Å².